The van der Waals surface area contributed by atoms with E-state index in [1.807, 2.05) is 0 Å². The largest absolute Gasteiger partial charge is 0.413 e. The van der Waals surface area contributed by atoms with E-state index >= 15 is 0 Å². The summed E-state index contributed by atoms with van der Waals surface area (Å²) in [6, 6.07) is 0. The van der Waals surface area contributed by atoms with Crippen LogP contribution in [0.25, 0.3) is 0 Å². The summed E-state index contributed by atoms with van der Waals surface area (Å²) < 4.78 is 6.41. The van der Waals surface area contributed by atoms with Gasteiger partial charge in [-0.2, -0.15) is 0 Å². The van der Waals surface area contributed by atoms with Gasteiger partial charge in [-0.15, -0.1) is 11.6 Å². The summed E-state index contributed by atoms with van der Waals surface area (Å²) in [5.41, 5.74) is 0.717. The topological polar surface area (TPSA) is 9.23 Å². The van der Waals surface area contributed by atoms with E-state index in [1.165, 1.54) is 77.0 Å². The van der Waals surface area contributed by atoms with Crippen LogP contribution in [-0.2, 0) is 4.43 Å². The third-order valence-electron chi connectivity index (χ3n) is 4.07. The molecule has 0 saturated carbocycles. The first-order chi connectivity index (χ1) is 10.1. The van der Waals surface area contributed by atoms with E-state index in [-0.39, 0.29) is 0 Å². The van der Waals surface area contributed by atoms with Crippen LogP contribution in [0.5, 0.6) is 0 Å². The number of hydrogen-bond donors (Lipinski definition) is 0. The maximum atomic E-state index is 6.41. The summed E-state index contributed by atoms with van der Waals surface area (Å²) >= 11 is 6.08. The number of hydrogen-bond acceptors (Lipinski definition) is 1. The highest BCUT2D eigenvalue weighted by Crippen LogP contribution is 2.20. The molecular weight excluding hydrogens is 296 g/mol. The minimum absolute atomic E-state index is 0.466. The molecule has 0 spiro atoms. The second-order valence-electron chi connectivity index (χ2n) is 7.04. The van der Waals surface area contributed by atoms with Gasteiger partial charge in [0, 0.05) is 11.6 Å². The van der Waals surface area contributed by atoms with Crippen molar-refractivity contribution in [2.45, 2.75) is 110 Å². The second kappa shape index (κ2) is 14.1. The second-order valence-corrected chi connectivity index (χ2v) is 11.9. The highest BCUT2D eigenvalue weighted by molar-refractivity contribution is 6.77. The molecule has 1 nitrogen and oxygen atoms in total. The normalized spacial score (nSPS) is 12.3. The summed E-state index contributed by atoms with van der Waals surface area (Å²) in [7, 11) is -1.63. The van der Waals surface area contributed by atoms with Crippen molar-refractivity contribution in [1.29, 1.82) is 0 Å². The van der Waals surface area contributed by atoms with Gasteiger partial charge in [0.25, 0.3) is 0 Å². The summed E-state index contributed by atoms with van der Waals surface area (Å²) in [5, 5.41) is 0. The summed E-state index contributed by atoms with van der Waals surface area (Å²) in [5.74, 6) is 0. The van der Waals surface area contributed by atoms with Gasteiger partial charge < -0.3 is 4.43 Å². The molecule has 0 aromatic heterocycles. The molecule has 0 heterocycles. The quantitative estimate of drug-likeness (QED) is 0.177. The maximum Gasteiger partial charge on any atom is 0.201 e. The van der Waals surface area contributed by atoms with Gasteiger partial charge in [-0.1, -0.05) is 78.1 Å². The smallest absolute Gasteiger partial charge is 0.201 e. The van der Waals surface area contributed by atoms with Crippen LogP contribution in [0, 0.1) is 0 Å². The highest BCUT2D eigenvalue weighted by Gasteiger charge is 2.25. The van der Waals surface area contributed by atoms with E-state index in [0.29, 0.717) is 6.10 Å². The molecule has 0 saturated heterocycles. The van der Waals surface area contributed by atoms with Crippen molar-refractivity contribution in [2.24, 2.45) is 0 Å². The van der Waals surface area contributed by atoms with Crippen molar-refractivity contribution in [2.75, 3.05) is 5.50 Å². The van der Waals surface area contributed by atoms with Crippen LogP contribution in [-0.4, -0.2) is 19.9 Å². The molecule has 0 unspecified atom stereocenters. The number of unbranched alkanes of at least 4 members (excludes halogenated alkanes) is 8. The lowest BCUT2D eigenvalue weighted by Gasteiger charge is -2.28. The number of alkyl halides is 1. The average molecular weight is 335 g/mol. The summed E-state index contributed by atoms with van der Waals surface area (Å²) in [6.07, 6.45) is 16.5. The van der Waals surface area contributed by atoms with E-state index in [9.17, 15) is 0 Å². The van der Waals surface area contributed by atoms with E-state index in [0.717, 1.165) is 5.50 Å². The van der Waals surface area contributed by atoms with Crippen LogP contribution < -0.4 is 0 Å². The van der Waals surface area contributed by atoms with Gasteiger partial charge in [-0.3, -0.25) is 0 Å². The van der Waals surface area contributed by atoms with Crippen LogP contribution in [0.3, 0.4) is 0 Å². The number of rotatable bonds is 15. The summed E-state index contributed by atoms with van der Waals surface area (Å²) in [6.45, 7) is 9.05. The molecule has 0 fully saturated rings. The summed E-state index contributed by atoms with van der Waals surface area (Å²) in [4.78, 5) is 0. The molecule has 0 atom stereocenters. The molecule has 0 rings (SSSR count). The molecule has 128 valence electrons. The van der Waals surface area contributed by atoms with Crippen LogP contribution in [0.15, 0.2) is 0 Å². The third-order valence-corrected chi connectivity index (χ3v) is 7.61. The maximum absolute atomic E-state index is 6.41. The first-order valence-electron chi connectivity index (χ1n) is 9.29. The molecule has 0 aliphatic carbocycles. The average Bonchev–Trinajstić information content (AvgIpc) is 2.46. The Bertz CT molecular complexity index is 207. The van der Waals surface area contributed by atoms with Gasteiger partial charge >= 0.3 is 0 Å². The first-order valence-corrected chi connectivity index (χ1v) is 12.9. The van der Waals surface area contributed by atoms with E-state index in [2.05, 4.69) is 26.9 Å². The Morgan fingerprint density at radius 3 is 1.57 bits per heavy atom. The molecular formula is C18H39ClOSi. The molecule has 0 amide bonds. The SMILES string of the molecule is CCCCCCCC(CCCCCCC)O[Si](C)(C)CCl. The predicted octanol–water partition coefficient (Wildman–Crippen LogP) is 7.08. The molecule has 0 N–H and O–H groups in total. The fraction of sp³-hybridized carbons (Fsp3) is 1.00. The van der Waals surface area contributed by atoms with Crippen LogP contribution in [0.1, 0.15) is 90.9 Å². The zero-order chi connectivity index (χ0) is 16.0. The fourth-order valence-electron chi connectivity index (χ4n) is 2.70. The monoisotopic (exact) mass is 334 g/mol. The van der Waals surface area contributed by atoms with Crippen LogP contribution >= 0.6 is 11.6 Å². The minimum atomic E-state index is -1.63. The van der Waals surface area contributed by atoms with Crippen molar-refractivity contribution in [3.63, 3.8) is 0 Å². The van der Waals surface area contributed by atoms with Gasteiger partial charge in [-0.05, 0) is 25.9 Å². The van der Waals surface area contributed by atoms with Gasteiger partial charge in [0.2, 0.25) is 8.32 Å². The van der Waals surface area contributed by atoms with Crippen molar-refractivity contribution in [1.82, 2.24) is 0 Å². The zero-order valence-electron chi connectivity index (χ0n) is 15.1. The lowest BCUT2D eigenvalue weighted by Crippen LogP contribution is -2.38. The zero-order valence-corrected chi connectivity index (χ0v) is 16.8. The predicted molar refractivity (Wildman–Crippen MR) is 99.8 cm³/mol. The molecule has 0 aliphatic rings. The van der Waals surface area contributed by atoms with E-state index in [1.54, 1.807) is 0 Å². The molecule has 0 aliphatic heterocycles. The fourth-order valence-corrected chi connectivity index (χ4v) is 4.09. The third kappa shape index (κ3) is 13.8. The Labute approximate surface area is 140 Å². The van der Waals surface area contributed by atoms with Gasteiger partial charge in [-0.25, -0.2) is 0 Å². The standard InChI is InChI=1S/C18H39ClOSi/c1-5-7-9-11-13-15-18(20-21(3,4)17-19)16-14-12-10-8-6-2/h18H,5-17H2,1-4H3. The lowest BCUT2D eigenvalue weighted by molar-refractivity contribution is 0.165. The molecule has 0 aromatic rings. The lowest BCUT2D eigenvalue weighted by atomic mass is 10.0. The van der Waals surface area contributed by atoms with Crippen molar-refractivity contribution < 1.29 is 4.43 Å². The number of halogens is 1. The minimum Gasteiger partial charge on any atom is -0.413 e. The Hall–Kier alpha value is 0.467. The Kier molecular flexibility index (Phi) is 14.4. The van der Waals surface area contributed by atoms with E-state index in [4.69, 9.17) is 16.0 Å². The van der Waals surface area contributed by atoms with Gasteiger partial charge in [0.1, 0.15) is 0 Å². The molecule has 0 bridgehead atoms. The van der Waals surface area contributed by atoms with Crippen molar-refractivity contribution >= 4 is 19.9 Å². The Morgan fingerprint density at radius 1 is 0.762 bits per heavy atom. The van der Waals surface area contributed by atoms with Crippen LogP contribution in [0.4, 0.5) is 0 Å². The van der Waals surface area contributed by atoms with Crippen LogP contribution in [0.2, 0.25) is 13.1 Å². The highest BCUT2D eigenvalue weighted by atomic mass is 35.5. The molecule has 0 aromatic carbocycles. The Balaban J connectivity index is 3.97. The van der Waals surface area contributed by atoms with Gasteiger partial charge in [0.05, 0.1) is 0 Å². The first kappa shape index (κ1) is 21.5. The molecule has 0 radical (unpaired) electrons. The van der Waals surface area contributed by atoms with Gasteiger partial charge in [0.15, 0.2) is 0 Å². The van der Waals surface area contributed by atoms with Crippen molar-refractivity contribution in [3.05, 3.63) is 0 Å². The van der Waals surface area contributed by atoms with E-state index < -0.39 is 8.32 Å². The molecule has 3 heteroatoms. The molecule has 21 heavy (non-hydrogen) atoms. The van der Waals surface area contributed by atoms with Crippen molar-refractivity contribution in [3.8, 4) is 0 Å². The Morgan fingerprint density at radius 2 is 1.19 bits per heavy atom.